The molecule has 0 aliphatic heterocycles. The highest BCUT2D eigenvalue weighted by molar-refractivity contribution is 9.10. The topological polar surface area (TPSA) is 0 Å². The van der Waals surface area contributed by atoms with Gasteiger partial charge in [-0.2, -0.15) is 0 Å². The summed E-state index contributed by atoms with van der Waals surface area (Å²) in [5, 5.41) is 0. The molecule has 0 bridgehead atoms. The van der Waals surface area contributed by atoms with Gasteiger partial charge in [-0.1, -0.05) is 6.07 Å². The van der Waals surface area contributed by atoms with Gasteiger partial charge in [-0.05, 0) is 12.1 Å². The van der Waals surface area contributed by atoms with Crippen LogP contribution in [-0.2, 0) is 0 Å². The van der Waals surface area contributed by atoms with Gasteiger partial charge in [0.1, 0.15) is 10.5 Å². The minimum absolute atomic E-state index is 1.16. The molecule has 0 atom stereocenters. The van der Waals surface area contributed by atoms with Gasteiger partial charge in [0, 0.05) is 12.1 Å². The third kappa shape index (κ3) is 1.96. The minimum Gasteiger partial charge on any atom is -0.0586 e. The van der Waals surface area contributed by atoms with Crippen LogP contribution in [0.25, 0.3) is 6.08 Å². The standard InChI is InChI=1S/C8H6Br/c9-7-6-8-4-2-1-3-5-8/h1-6H/q+1. The summed E-state index contributed by atoms with van der Waals surface area (Å²) in [5.74, 6) is 0. The maximum atomic E-state index is 3.08. The Kier molecular flexibility index (Phi) is 2.44. The summed E-state index contributed by atoms with van der Waals surface area (Å²) < 4.78 is 0. The fourth-order valence-electron chi connectivity index (χ4n) is 0.612. The van der Waals surface area contributed by atoms with E-state index < -0.39 is 0 Å². The SMILES string of the molecule is Br[C+]=Cc1ccccc1. The zero-order valence-corrected chi connectivity index (χ0v) is 6.43. The highest BCUT2D eigenvalue weighted by atomic mass is 79.9. The van der Waals surface area contributed by atoms with E-state index in [0.717, 1.165) is 5.56 Å². The van der Waals surface area contributed by atoms with Crippen LogP contribution in [0.5, 0.6) is 0 Å². The van der Waals surface area contributed by atoms with Crippen molar-refractivity contribution in [2.75, 3.05) is 0 Å². The third-order valence-corrected chi connectivity index (χ3v) is 1.25. The number of rotatable bonds is 1. The summed E-state index contributed by atoms with van der Waals surface area (Å²) in [7, 11) is 0. The van der Waals surface area contributed by atoms with Crippen molar-refractivity contribution in [1.82, 2.24) is 0 Å². The molecule has 0 aromatic heterocycles. The predicted molar refractivity (Wildman–Crippen MR) is 43.1 cm³/mol. The molecule has 0 saturated heterocycles. The summed E-state index contributed by atoms with van der Waals surface area (Å²) >= 11 is 3.08. The molecule has 0 radical (unpaired) electrons. The van der Waals surface area contributed by atoms with Crippen LogP contribution in [0.2, 0.25) is 0 Å². The molecule has 0 heterocycles. The monoisotopic (exact) mass is 181 g/mol. The molecule has 1 aromatic rings. The molecule has 0 aliphatic carbocycles. The van der Waals surface area contributed by atoms with Gasteiger partial charge in [-0.15, -0.1) is 0 Å². The Hall–Kier alpha value is -0.650. The lowest BCUT2D eigenvalue weighted by molar-refractivity contribution is 1.66. The smallest absolute Gasteiger partial charge is 0.0586 e. The average molecular weight is 182 g/mol. The maximum Gasteiger partial charge on any atom is 0.175 e. The first-order valence-electron chi connectivity index (χ1n) is 2.68. The second-order valence-corrected chi connectivity index (χ2v) is 2.12. The van der Waals surface area contributed by atoms with Gasteiger partial charge in [-0.25, -0.2) is 0 Å². The molecule has 0 aliphatic rings. The van der Waals surface area contributed by atoms with Crippen LogP contribution < -0.4 is 0 Å². The third-order valence-electron chi connectivity index (χ3n) is 1.02. The predicted octanol–water partition coefficient (Wildman–Crippen LogP) is 2.86. The van der Waals surface area contributed by atoms with Crippen LogP contribution in [0.3, 0.4) is 0 Å². The Balaban J connectivity index is 2.85. The van der Waals surface area contributed by atoms with Gasteiger partial charge in [0.05, 0.1) is 0 Å². The van der Waals surface area contributed by atoms with Crippen molar-refractivity contribution < 1.29 is 0 Å². The molecule has 0 nitrogen and oxygen atoms in total. The molecular weight excluding hydrogens is 176 g/mol. The number of benzene rings is 1. The van der Waals surface area contributed by atoms with Crippen LogP contribution in [0.4, 0.5) is 0 Å². The summed E-state index contributed by atoms with van der Waals surface area (Å²) in [6.07, 6.45) is 1.88. The zero-order chi connectivity index (χ0) is 6.53. The normalized spacial score (nSPS) is 9.44. The Morgan fingerprint density at radius 2 is 1.89 bits per heavy atom. The Bertz CT molecular complexity index is 189. The molecule has 0 N–H and O–H groups in total. The van der Waals surface area contributed by atoms with Gasteiger partial charge in [-0.3, -0.25) is 0 Å². The van der Waals surface area contributed by atoms with Crippen LogP contribution in [0.1, 0.15) is 5.56 Å². The number of halogens is 1. The van der Waals surface area contributed by atoms with E-state index in [0.29, 0.717) is 0 Å². The first-order valence-corrected chi connectivity index (χ1v) is 3.47. The molecule has 1 aromatic carbocycles. The summed E-state index contributed by atoms with van der Waals surface area (Å²) in [6.45, 7) is 0. The van der Waals surface area contributed by atoms with E-state index in [2.05, 4.69) is 20.9 Å². The highest BCUT2D eigenvalue weighted by Gasteiger charge is 1.90. The van der Waals surface area contributed by atoms with Gasteiger partial charge in [0.15, 0.2) is 22.0 Å². The van der Waals surface area contributed by atoms with Crippen LogP contribution >= 0.6 is 15.9 Å². The van der Waals surface area contributed by atoms with E-state index >= 15 is 0 Å². The average Bonchev–Trinajstić information content (AvgIpc) is 1.91. The summed E-state index contributed by atoms with van der Waals surface area (Å²) in [6, 6.07) is 10.0. The van der Waals surface area contributed by atoms with Crippen molar-refractivity contribution in [2.45, 2.75) is 0 Å². The lowest BCUT2D eigenvalue weighted by Gasteiger charge is -1.76. The molecule has 9 heavy (non-hydrogen) atoms. The first kappa shape index (κ1) is 6.47. The molecular formula is C8H6Br+. The van der Waals surface area contributed by atoms with E-state index in [1.54, 1.807) is 0 Å². The molecule has 0 spiro atoms. The lowest BCUT2D eigenvalue weighted by atomic mass is 10.2. The Labute approximate surface area is 63.3 Å². The molecule has 0 unspecified atom stereocenters. The van der Waals surface area contributed by atoms with Crippen molar-refractivity contribution in [3.8, 4) is 0 Å². The highest BCUT2D eigenvalue weighted by Crippen LogP contribution is 2.01. The fraction of sp³-hybridized carbons (Fsp3) is 0. The fourth-order valence-corrected chi connectivity index (χ4v) is 0.877. The largest absolute Gasteiger partial charge is 0.175 e. The van der Waals surface area contributed by atoms with Crippen LogP contribution in [0, 0.1) is 4.99 Å². The summed E-state index contributed by atoms with van der Waals surface area (Å²) in [4.78, 5) is 2.77. The molecule has 0 amide bonds. The van der Waals surface area contributed by atoms with Crippen molar-refractivity contribution in [3.63, 3.8) is 0 Å². The van der Waals surface area contributed by atoms with Gasteiger partial charge in [0.25, 0.3) is 0 Å². The van der Waals surface area contributed by atoms with E-state index in [1.807, 2.05) is 36.4 Å². The van der Waals surface area contributed by atoms with Crippen molar-refractivity contribution >= 4 is 22.0 Å². The molecule has 0 fully saturated rings. The molecule has 44 valence electrons. The second kappa shape index (κ2) is 3.39. The first-order chi connectivity index (χ1) is 4.43. The zero-order valence-electron chi connectivity index (χ0n) is 4.84. The second-order valence-electron chi connectivity index (χ2n) is 1.66. The molecule has 1 heteroatoms. The molecule has 1 rings (SSSR count). The van der Waals surface area contributed by atoms with Gasteiger partial charge < -0.3 is 0 Å². The molecule has 0 saturated carbocycles. The van der Waals surface area contributed by atoms with E-state index in [1.165, 1.54) is 0 Å². The van der Waals surface area contributed by atoms with Gasteiger partial charge in [0.2, 0.25) is 0 Å². The summed E-state index contributed by atoms with van der Waals surface area (Å²) in [5.41, 5.74) is 1.16. The Morgan fingerprint density at radius 1 is 1.22 bits per heavy atom. The number of hydrogen-bond donors (Lipinski definition) is 0. The van der Waals surface area contributed by atoms with Crippen LogP contribution in [-0.4, -0.2) is 0 Å². The minimum atomic E-state index is 1.16. The number of hydrogen-bond acceptors (Lipinski definition) is 0. The Morgan fingerprint density at radius 3 is 2.44 bits per heavy atom. The van der Waals surface area contributed by atoms with Gasteiger partial charge >= 0.3 is 0 Å². The van der Waals surface area contributed by atoms with E-state index in [9.17, 15) is 0 Å². The van der Waals surface area contributed by atoms with Crippen molar-refractivity contribution in [2.24, 2.45) is 0 Å². The van der Waals surface area contributed by atoms with Crippen molar-refractivity contribution in [1.29, 1.82) is 0 Å². The quantitative estimate of drug-likeness (QED) is 0.585. The van der Waals surface area contributed by atoms with E-state index in [4.69, 9.17) is 0 Å². The van der Waals surface area contributed by atoms with Crippen molar-refractivity contribution in [3.05, 3.63) is 40.9 Å². The van der Waals surface area contributed by atoms with Crippen LogP contribution in [0.15, 0.2) is 30.3 Å². The lowest BCUT2D eigenvalue weighted by Crippen LogP contribution is -1.65. The maximum absolute atomic E-state index is 3.08. The van der Waals surface area contributed by atoms with E-state index in [-0.39, 0.29) is 0 Å².